The lowest BCUT2D eigenvalue weighted by Crippen LogP contribution is -2.43. The fraction of sp³-hybridized carbons (Fsp3) is 0.333. The summed E-state index contributed by atoms with van der Waals surface area (Å²) in [4.78, 5) is 6.46. The number of nitrogen functional groups attached to an aromatic ring is 3. The van der Waals surface area contributed by atoms with E-state index in [0.29, 0.717) is 36.6 Å². The molecule has 2 fully saturated rings. The molecular formula is C21H28N8. The molecule has 1 aromatic heterocycles. The van der Waals surface area contributed by atoms with Gasteiger partial charge in [0.05, 0.1) is 5.69 Å². The number of aromatic nitrogens is 1. The predicted octanol–water partition coefficient (Wildman–Crippen LogP) is 1.24. The minimum absolute atomic E-state index is 0.222. The summed E-state index contributed by atoms with van der Waals surface area (Å²) in [7, 11) is 0. The molecule has 0 radical (unpaired) electrons. The summed E-state index contributed by atoms with van der Waals surface area (Å²) in [5, 5.41) is 14.6. The van der Waals surface area contributed by atoms with Gasteiger partial charge in [-0.2, -0.15) is 0 Å². The second kappa shape index (κ2) is 8.00. The van der Waals surface area contributed by atoms with E-state index in [9.17, 15) is 0 Å². The van der Waals surface area contributed by atoms with Crippen LogP contribution in [0.3, 0.4) is 0 Å². The van der Waals surface area contributed by atoms with Gasteiger partial charge in [-0.05, 0) is 41.3 Å². The lowest BCUT2D eigenvalue weighted by Gasteiger charge is -2.29. The SMILES string of the molecule is N=C/C(=C\NCc1cccc(N2CC3CC2CN3)c1)Cc1cc(N)nc(N)c1N. The summed E-state index contributed by atoms with van der Waals surface area (Å²) in [6.07, 6.45) is 4.85. The smallest absolute Gasteiger partial charge is 0.149 e. The van der Waals surface area contributed by atoms with E-state index in [1.165, 1.54) is 23.9 Å². The van der Waals surface area contributed by atoms with Gasteiger partial charge in [-0.3, -0.25) is 0 Å². The van der Waals surface area contributed by atoms with Crippen molar-refractivity contribution in [3.8, 4) is 0 Å². The molecule has 1 aromatic carbocycles. The van der Waals surface area contributed by atoms with Crippen molar-refractivity contribution in [3.63, 3.8) is 0 Å². The zero-order valence-electron chi connectivity index (χ0n) is 16.4. The monoisotopic (exact) mass is 392 g/mol. The van der Waals surface area contributed by atoms with Gasteiger partial charge in [0, 0.05) is 56.2 Å². The minimum atomic E-state index is 0.222. The van der Waals surface area contributed by atoms with Gasteiger partial charge in [0.15, 0.2) is 0 Å². The number of benzene rings is 1. The van der Waals surface area contributed by atoms with Crippen LogP contribution in [0, 0.1) is 5.41 Å². The standard InChI is InChI=1S/C21H28N8/c22-8-14(4-15-6-19(23)28-21(25)20(15)24)10-26-9-13-2-1-3-17(5-13)29-12-16-7-18(29)11-27-16/h1-3,5-6,8,10,16,18,22,26-27H,4,7,9,11-12,24H2,(H4,23,25,28)/b14-10-,22-8?. The molecule has 9 N–H and O–H groups in total. The molecule has 2 aliphatic heterocycles. The molecule has 2 aliphatic rings. The van der Waals surface area contributed by atoms with Crippen LogP contribution in [0.5, 0.6) is 0 Å². The van der Waals surface area contributed by atoms with Crippen LogP contribution < -0.4 is 32.7 Å². The number of allylic oxidation sites excluding steroid dienone is 1. The normalized spacial score (nSPS) is 20.8. The Balaban J connectivity index is 1.40. The number of piperazine rings is 1. The molecule has 2 unspecified atom stereocenters. The molecule has 3 heterocycles. The van der Waals surface area contributed by atoms with Crippen LogP contribution in [0.2, 0.25) is 0 Å². The highest BCUT2D eigenvalue weighted by atomic mass is 15.3. The summed E-state index contributed by atoms with van der Waals surface area (Å²) in [5.74, 6) is 0.548. The highest BCUT2D eigenvalue weighted by Crippen LogP contribution is 2.29. The van der Waals surface area contributed by atoms with Crippen molar-refractivity contribution in [2.24, 2.45) is 0 Å². The first-order valence-corrected chi connectivity index (χ1v) is 9.85. The van der Waals surface area contributed by atoms with Gasteiger partial charge in [-0.15, -0.1) is 0 Å². The van der Waals surface area contributed by atoms with E-state index in [0.717, 1.165) is 24.2 Å². The summed E-state index contributed by atoms with van der Waals surface area (Å²) < 4.78 is 0. The highest BCUT2D eigenvalue weighted by molar-refractivity contribution is 5.78. The first-order chi connectivity index (χ1) is 14.0. The van der Waals surface area contributed by atoms with E-state index in [2.05, 4.69) is 44.8 Å². The second-order valence-electron chi connectivity index (χ2n) is 7.74. The summed E-state index contributed by atoms with van der Waals surface area (Å²) in [6.45, 7) is 2.84. The fourth-order valence-electron chi connectivity index (χ4n) is 4.18. The molecule has 8 nitrogen and oxygen atoms in total. The Bertz CT molecular complexity index is 938. The van der Waals surface area contributed by atoms with Gasteiger partial charge in [0.25, 0.3) is 0 Å². The first-order valence-electron chi connectivity index (χ1n) is 9.85. The van der Waals surface area contributed by atoms with Crippen LogP contribution in [-0.4, -0.2) is 36.4 Å². The van der Waals surface area contributed by atoms with E-state index >= 15 is 0 Å². The van der Waals surface area contributed by atoms with Crippen molar-refractivity contribution >= 4 is 29.2 Å². The van der Waals surface area contributed by atoms with Crippen molar-refractivity contribution < 1.29 is 0 Å². The second-order valence-corrected chi connectivity index (χ2v) is 7.74. The Morgan fingerprint density at radius 2 is 2.17 bits per heavy atom. The fourth-order valence-corrected chi connectivity index (χ4v) is 4.18. The van der Waals surface area contributed by atoms with Crippen molar-refractivity contribution in [2.75, 3.05) is 35.2 Å². The van der Waals surface area contributed by atoms with E-state index in [-0.39, 0.29) is 5.82 Å². The molecule has 2 saturated heterocycles. The van der Waals surface area contributed by atoms with E-state index in [1.807, 2.05) is 6.20 Å². The van der Waals surface area contributed by atoms with E-state index in [1.54, 1.807) is 6.07 Å². The van der Waals surface area contributed by atoms with Crippen LogP contribution in [-0.2, 0) is 13.0 Å². The zero-order chi connectivity index (χ0) is 20.4. The zero-order valence-corrected chi connectivity index (χ0v) is 16.4. The van der Waals surface area contributed by atoms with Crippen LogP contribution in [0.25, 0.3) is 0 Å². The third kappa shape index (κ3) is 4.12. The molecule has 152 valence electrons. The number of hydrogen-bond donors (Lipinski definition) is 6. The largest absolute Gasteiger partial charge is 0.396 e. The molecule has 0 spiro atoms. The van der Waals surface area contributed by atoms with Gasteiger partial charge >= 0.3 is 0 Å². The van der Waals surface area contributed by atoms with Crippen molar-refractivity contribution in [1.82, 2.24) is 15.6 Å². The van der Waals surface area contributed by atoms with E-state index in [4.69, 9.17) is 22.6 Å². The maximum absolute atomic E-state index is 7.70. The quantitative estimate of drug-likeness (QED) is 0.389. The Hall–Kier alpha value is -3.26. The molecular weight excluding hydrogens is 364 g/mol. The molecule has 2 aromatic rings. The topological polar surface area (TPSA) is 142 Å². The van der Waals surface area contributed by atoms with E-state index < -0.39 is 0 Å². The van der Waals surface area contributed by atoms with Crippen LogP contribution >= 0.6 is 0 Å². The summed E-state index contributed by atoms with van der Waals surface area (Å²) >= 11 is 0. The summed E-state index contributed by atoms with van der Waals surface area (Å²) in [6, 6.07) is 11.6. The lowest BCUT2D eigenvalue weighted by molar-refractivity contribution is 0.580. The highest BCUT2D eigenvalue weighted by Gasteiger charge is 2.37. The molecule has 0 aliphatic carbocycles. The number of anilines is 4. The number of hydrogen-bond acceptors (Lipinski definition) is 8. The molecule has 8 heteroatoms. The maximum atomic E-state index is 7.70. The molecule has 0 saturated carbocycles. The molecule has 2 atom stereocenters. The van der Waals surface area contributed by atoms with Gasteiger partial charge in [0.2, 0.25) is 0 Å². The van der Waals surface area contributed by atoms with Gasteiger partial charge in [0.1, 0.15) is 11.6 Å². The van der Waals surface area contributed by atoms with Crippen LogP contribution in [0.4, 0.5) is 23.0 Å². The Kier molecular flexibility index (Phi) is 5.26. The average molecular weight is 393 g/mol. The van der Waals surface area contributed by atoms with Crippen LogP contribution in [0.15, 0.2) is 42.1 Å². The Morgan fingerprint density at radius 3 is 2.90 bits per heavy atom. The number of nitrogens with one attached hydrogen (secondary N) is 3. The number of nitrogens with two attached hydrogens (primary N) is 3. The van der Waals surface area contributed by atoms with Gasteiger partial charge in [-0.25, -0.2) is 4.98 Å². The lowest BCUT2D eigenvalue weighted by atomic mass is 10.1. The Labute approximate surface area is 170 Å². The van der Waals surface area contributed by atoms with Crippen molar-refractivity contribution in [1.29, 1.82) is 5.41 Å². The minimum Gasteiger partial charge on any atom is -0.396 e. The third-order valence-corrected chi connectivity index (χ3v) is 5.67. The first kappa shape index (κ1) is 19.1. The predicted molar refractivity (Wildman–Crippen MR) is 119 cm³/mol. The maximum Gasteiger partial charge on any atom is 0.149 e. The average Bonchev–Trinajstić information content (AvgIpc) is 3.34. The number of fused-ring (bicyclic) bond motifs is 2. The molecule has 0 amide bonds. The van der Waals surface area contributed by atoms with Gasteiger partial charge in [-0.1, -0.05) is 12.1 Å². The molecule has 2 bridgehead atoms. The molecule has 29 heavy (non-hydrogen) atoms. The molecule has 4 rings (SSSR count). The van der Waals surface area contributed by atoms with Gasteiger partial charge < -0.3 is 38.1 Å². The van der Waals surface area contributed by atoms with Crippen molar-refractivity contribution in [3.05, 3.63) is 53.2 Å². The number of nitrogens with zero attached hydrogens (tertiary/aromatic N) is 2. The van der Waals surface area contributed by atoms with Crippen LogP contribution in [0.1, 0.15) is 17.5 Å². The number of pyridine rings is 1. The summed E-state index contributed by atoms with van der Waals surface area (Å²) in [5.41, 5.74) is 22.0. The Morgan fingerprint density at radius 1 is 1.31 bits per heavy atom. The third-order valence-electron chi connectivity index (χ3n) is 5.67. The number of rotatable bonds is 7. The van der Waals surface area contributed by atoms with Crippen molar-refractivity contribution in [2.45, 2.75) is 31.5 Å².